The van der Waals surface area contributed by atoms with Crippen LogP contribution in [0.5, 0.6) is 11.5 Å². The number of para-hydroxylation sites is 2. The van der Waals surface area contributed by atoms with Crippen molar-refractivity contribution in [2.45, 2.75) is 64.1 Å². The molecule has 0 spiro atoms. The van der Waals surface area contributed by atoms with Gasteiger partial charge in [0.1, 0.15) is 17.3 Å². The van der Waals surface area contributed by atoms with Crippen LogP contribution in [-0.2, 0) is 20.9 Å². The number of thiazole rings is 1. The summed E-state index contributed by atoms with van der Waals surface area (Å²) in [4.78, 5) is 41.0. The van der Waals surface area contributed by atoms with E-state index >= 15 is 0 Å². The van der Waals surface area contributed by atoms with E-state index in [1.807, 2.05) is 24.3 Å². The molecule has 0 aliphatic heterocycles. The van der Waals surface area contributed by atoms with Gasteiger partial charge in [0, 0.05) is 23.9 Å². The number of rotatable bonds is 11. The lowest BCUT2D eigenvalue weighted by atomic mass is 9.90. The second kappa shape index (κ2) is 12.9. The number of nitrogens with zero attached hydrogens (tertiary/aromatic N) is 1. The van der Waals surface area contributed by atoms with Crippen LogP contribution in [0.25, 0.3) is 0 Å². The van der Waals surface area contributed by atoms with Gasteiger partial charge in [-0.15, -0.1) is 11.3 Å². The highest BCUT2D eigenvalue weighted by molar-refractivity contribution is 7.09. The largest absolute Gasteiger partial charge is 0.493 e. The predicted molar refractivity (Wildman–Crippen MR) is 127 cm³/mol. The van der Waals surface area contributed by atoms with Gasteiger partial charge in [0.15, 0.2) is 11.5 Å². The average molecular weight is 490 g/mol. The molecule has 2 atom stereocenters. The Kier molecular flexibility index (Phi) is 9.69. The minimum absolute atomic E-state index is 0.0436. The van der Waals surface area contributed by atoms with Gasteiger partial charge in [-0.3, -0.25) is 14.4 Å². The minimum Gasteiger partial charge on any atom is -0.493 e. The summed E-state index contributed by atoms with van der Waals surface area (Å²) in [6.07, 6.45) is 3.58. The number of ether oxygens (including phenoxy) is 3. The zero-order chi connectivity index (χ0) is 24.3. The third-order valence-corrected chi connectivity index (χ3v) is 6.32. The molecule has 1 heterocycles. The average Bonchev–Trinajstić information content (AvgIpc) is 3.32. The number of hydrogen-bond acceptors (Lipinski definition) is 8. The molecule has 1 aromatic carbocycles. The molecule has 0 radical (unpaired) electrons. The van der Waals surface area contributed by atoms with E-state index in [0.717, 1.165) is 25.7 Å². The fourth-order valence-corrected chi connectivity index (χ4v) is 4.49. The van der Waals surface area contributed by atoms with Crippen LogP contribution < -0.4 is 20.1 Å². The number of hydrogen-bond donors (Lipinski definition) is 2. The van der Waals surface area contributed by atoms with Crippen LogP contribution in [0.1, 0.15) is 60.9 Å². The minimum atomic E-state index is -0.389. The Bertz CT molecular complexity index is 979. The molecule has 1 saturated carbocycles. The first-order chi connectivity index (χ1) is 16.5. The summed E-state index contributed by atoms with van der Waals surface area (Å²) >= 11 is 1.35. The molecule has 9 nitrogen and oxygen atoms in total. The van der Waals surface area contributed by atoms with Gasteiger partial charge < -0.3 is 24.8 Å². The second-order valence-electron chi connectivity index (χ2n) is 7.91. The van der Waals surface area contributed by atoms with Crippen molar-refractivity contribution in [3.05, 3.63) is 40.3 Å². The number of amides is 2. The second-order valence-corrected chi connectivity index (χ2v) is 8.85. The predicted octanol–water partition coefficient (Wildman–Crippen LogP) is 3.23. The summed E-state index contributed by atoms with van der Waals surface area (Å²) in [6.45, 7) is 2.25. The molecule has 2 aromatic rings. The first kappa shape index (κ1) is 25.5. The number of methoxy groups -OCH3 is 1. The number of benzene rings is 1. The summed E-state index contributed by atoms with van der Waals surface area (Å²) in [5, 5.41) is 8.36. The number of carbonyl (C=O) groups excluding carboxylic acids is 3. The smallest absolute Gasteiger partial charge is 0.306 e. The van der Waals surface area contributed by atoms with Crippen molar-refractivity contribution in [1.82, 2.24) is 15.6 Å². The summed E-state index contributed by atoms with van der Waals surface area (Å²) in [5.41, 5.74) is 0.321. The number of nitrogens with one attached hydrogen (secondary N) is 2. The highest BCUT2D eigenvalue weighted by Crippen LogP contribution is 2.27. The van der Waals surface area contributed by atoms with Crippen molar-refractivity contribution in [2.75, 3.05) is 13.7 Å². The molecule has 2 amide bonds. The van der Waals surface area contributed by atoms with Gasteiger partial charge in [0.05, 0.1) is 20.1 Å². The molecule has 34 heavy (non-hydrogen) atoms. The fraction of sp³-hybridized carbons (Fsp3) is 0.500. The van der Waals surface area contributed by atoms with E-state index < -0.39 is 0 Å². The third-order valence-electron chi connectivity index (χ3n) is 5.49. The Morgan fingerprint density at radius 3 is 2.47 bits per heavy atom. The highest BCUT2D eigenvalue weighted by Gasteiger charge is 2.28. The van der Waals surface area contributed by atoms with E-state index in [1.54, 1.807) is 19.4 Å². The molecule has 1 aromatic heterocycles. The van der Waals surface area contributed by atoms with Gasteiger partial charge in [-0.1, -0.05) is 25.0 Å². The topological polar surface area (TPSA) is 116 Å². The SMILES string of the molecule is CCOC(=O)CCC(=O)N[C@@H]1CCCC[C@@H]1NC(=O)c1csc(COc2ccccc2OC)n1. The van der Waals surface area contributed by atoms with Crippen LogP contribution in [0.3, 0.4) is 0 Å². The lowest BCUT2D eigenvalue weighted by Gasteiger charge is -2.32. The van der Waals surface area contributed by atoms with Crippen LogP contribution in [0.2, 0.25) is 0 Å². The monoisotopic (exact) mass is 489 g/mol. The molecular weight excluding hydrogens is 458 g/mol. The van der Waals surface area contributed by atoms with Crippen LogP contribution in [0.4, 0.5) is 0 Å². The van der Waals surface area contributed by atoms with E-state index in [1.165, 1.54) is 11.3 Å². The maximum Gasteiger partial charge on any atom is 0.306 e. The van der Waals surface area contributed by atoms with Crippen molar-refractivity contribution in [3.63, 3.8) is 0 Å². The third kappa shape index (κ3) is 7.44. The number of esters is 1. The maximum atomic E-state index is 12.8. The van der Waals surface area contributed by atoms with Crippen molar-refractivity contribution < 1.29 is 28.6 Å². The van der Waals surface area contributed by atoms with Crippen LogP contribution in [0, 0.1) is 0 Å². The molecule has 184 valence electrons. The van der Waals surface area contributed by atoms with Gasteiger partial charge in [-0.2, -0.15) is 0 Å². The fourth-order valence-electron chi connectivity index (χ4n) is 3.81. The van der Waals surface area contributed by atoms with Crippen LogP contribution in [-0.4, -0.2) is 48.6 Å². The van der Waals surface area contributed by atoms with Gasteiger partial charge in [-0.05, 0) is 31.9 Å². The van der Waals surface area contributed by atoms with Crippen LogP contribution in [0.15, 0.2) is 29.6 Å². The van der Waals surface area contributed by atoms with Gasteiger partial charge in [0.25, 0.3) is 5.91 Å². The van der Waals surface area contributed by atoms with Crippen molar-refractivity contribution in [3.8, 4) is 11.5 Å². The molecule has 3 rings (SSSR count). The number of carbonyl (C=O) groups is 3. The zero-order valence-corrected chi connectivity index (χ0v) is 20.3. The Morgan fingerprint density at radius 2 is 1.76 bits per heavy atom. The maximum absolute atomic E-state index is 12.8. The van der Waals surface area contributed by atoms with E-state index in [4.69, 9.17) is 14.2 Å². The summed E-state index contributed by atoms with van der Waals surface area (Å²) in [7, 11) is 1.58. The lowest BCUT2D eigenvalue weighted by molar-refractivity contribution is -0.144. The van der Waals surface area contributed by atoms with Crippen molar-refractivity contribution in [1.29, 1.82) is 0 Å². The van der Waals surface area contributed by atoms with Crippen LogP contribution >= 0.6 is 11.3 Å². The van der Waals surface area contributed by atoms with E-state index in [0.29, 0.717) is 28.8 Å². The Morgan fingerprint density at radius 1 is 1.06 bits per heavy atom. The van der Waals surface area contributed by atoms with Crippen molar-refractivity contribution in [2.24, 2.45) is 0 Å². The molecule has 1 fully saturated rings. The quantitative estimate of drug-likeness (QED) is 0.466. The first-order valence-corrected chi connectivity index (χ1v) is 12.3. The molecule has 0 unspecified atom stereocenters. The molecule has 1 aliphatic carbocycles. The molecule has 1 aliphatic rings. The summed E-state index contributed by atoms with van der Waals surface area (Å²) in [6, 6.07) is 6.96. The summed E-state index contributed by atoms with van der Waals surface area (Å²) < 4.78 is 15.9. The van der Waals surface area contributed by atoms with E-state index in [-0.39, 0.29) is 49.3 Å². The summed E-state index contributed by atoms with van der Waals surface area (Å²) in [5.74, 6) is 0.348. The Labute approximate surface area is 203 Å². The highest BCUT2D eigenvalue weighted by atomic mass is 32.1. The molecule has 2 N–H and O–H groups in total. The lowest BCUT2D eigenvalue weighted by Crippen LogP contribution is -2.53. The molecular formula is C24H31N3O6S. The van der Waals surface area contributed by atoms with Crippen molar-refractivity contribution >= 4 is 29.1 Å². The Hall–Kier alpha value is -3.14. The Balaban J connectivity index is 1.51. The van der Waals surface area contributed by atoms with Gasteiger partial charge >= 0.3 is 5.97 Å². The number of aromatic nitrogens is 1. The van der Waals surface area contributed by atoms with Gasteiger partial charge in [0.2, 0.25) is 5.91 Å². The molecule has 10 heteroatoms. The normalized spacial score (nSPS) is 17.5. The first-order valence-electron chi connectivity index (χ1n) is 11.5. The zero-order valence-electron chi connectivity index (χ0n) is 19.5. The standard InChI is InChI=1S/C24H31N3O6S/c1-3-32-23(29)13-12-21(28)25-16-8-4-5-9-17(16)27-24(30)18-15-34-22(26-18)14-33-20-11-7-6-10-19(20)31-2/h6-7,10-11,15-17H,3-5,8-9,12-14H2,1-2H3,(H,25,28)(H,27,30)/t16-,17+/m1/s1. The van der Waals surface area contributed by atoms with E-state index in [9.17, 15) is 14.4 Å². The van der Waals surface area contributed by atoms with E-state index in [2.05, 4.69) is 15.6 Å². The molecule has 0 bridgehead atoms. The van der Waals surface area contributed by atoms with Gasteiger partial charge in [-0.25, -0.2) is 4.98 Å². The molecule has 0 saturated heterocycles.